The standard InChI is InChI=1S/C20H17FN4O2/c1-13-17(19(26)27-11-14-7-3-2-4-8-14)18(15-9-5-6-10-16(15)21)25-20(24-13)22-12-23-25/h2-10,12,18H,11H2,1H3,(H,22,23,24). The smallest absolute Gasteiger partial charge is 0.338 e. The van der Waals surface area contributed by atoms with Crippen LogP contribution in [0.15, 0.2) is 72.2 Å². The summed E-state index contributed by atoms with van der Waals surface area (Å²) >= 11 is 0. The topological polar surface area (TPSA) is 69.0 Å². The number of carbonyl (C=O) groups excluding carboxylic acids is 1. The normalized spacial score (nSPS) is 15.9. The van der Waals surface area contributed by atoms with Crippen LogP contribution in [0.2, 0.25) is 0 Å². The van der Waals surface area contributed by atoms with E-state index in [1.54, 1.807) is 25.1 Å². The Hall–Kier alpha value is -3.48. The molecule has 3 aromatic rings. The number of carbonyl (C=O) groups is 1. The molecule has 1 aliphatic heterocycles. The molecule has 0 saturated heterocycles. The second-order valence-electron chi connectivity index (χ2n) is 6.18. The SMILES string of the molecule is CC1=C(C(=O)OCc2ccccc2)C(c2ccccc2F)n2ncnc2N1. The number of esters is 1. The molecular formula is C20H17FN4O2. The van der Waals surface area contributed by atoms with Crippen molar-refractivity contribution >= 4 is 11.9 Å². The van der Waals surface area contributed by atoms with E-state index >= 15 is 0 Å². The molecule has 0 aliphatic carbocycles. The van der Waals surface area contributed by atoms with Crippen LogP contribution < -0.4 is 5.32 Å². The third-order valence-corrected chi connectivity index (χ3v) is 4.43. The number of aromatic nitrogens is 3. The molecule has 1 aliphatic rings. The molecule has 0 spiro atoms. The van der Waals surface area contributed by atoms with Gasteiger partial charge in [0.1, 0.15) is 24.8 Å². The lowest BCUT2D eigenvalue weighted by Crippen LogP contribution is -2.30. The van der Waals surface area contributed by atoms with Crippen molar-refractivity contribution in [2.24, 2.45) is 0 Å². The van der Waals surface area contributed by atoms with Gasteiger partial charge in [-0.15, -0.1) is 0 Å². The van der Waals surface area contributed by atoms with Crippen LogP contribution in [-0.2, 0) is 16.1 Å². The van der Waals surface area contributed by atoms with Gasteiger partial charge in [-0.2, -0.15) is 10.1 Å². The molecule has 7 heteroatoms. The predicted octanol–water partition coefficient (Wildman–Crippen LogP) is 3.45. The van der Waals surface area contributed by atoms with Crippen molar-refractivity contribution in [1.82, 2.24) is 14.8 Å². The Morgan fingerprint density at radius 3 is 2.70 bits per heavy atom. The van der Waals surface area contributed by atoms with E-state index in [0.29, 0.717) is 22.8 Å². The molecule has 1 aromatic heterocycles. The summed E-state index contributed by atoms with van der Waals surface area (Å²) in [6, 6.07) is 14.9. The Labute approximate surface area is 155 Å². The molecule has 0 fully saturated rings. The third-order valence-electron chi connectivity index (χ3n) is 4.43. The van der Waals surface area contributed by atoms with E-state index in [1.165, 1.54) is 17.1 Å². The van der Waals surface area contributed by atoms with Gasteiger partial charge in [0.05, 0.1) is 5.57 Å². The number of anilines is 1. The van der Waals surface area contributed by atoms with E-state index in [9.17, 15) is 9.18 Å². The first-order valence-corrected chi connectivity index (χ1v) is 8.48. The van der Waals surface area contributed by atoms with Crippen LogP contribution in [-0.4, -0.2) is 20.7 Å². The Morgan fingerprint density at radius 1 is 1.19 bits per heavy atom. The molecule has 1 atom stereocenters. The van der Waals surface area contributed by atoms with E-state index in [1.807, 2.05) is 30.3 Å². The minimum absolute atomic E-state index is 0.130. The Balaban J connectivity index is 1.70. The highest BCUT2D eigenvalue weighted by molar-refractivity contribution is 5.92. The lowest BCUT2D eigenvalue weighted by Gasteiger charge is -2.28. The summed E-state index contributed by atoms with van der Waals surface area (Å²) in [4.78, 5) is 17.0. The molecule has 6 nitrogen and oxygen atoms in total. The van der Waals surface area contributed by atoms with Crippen LogP contribution in [0.1, 0.15) is 24.1 Å². The average Bonchev–Trinajstić information content (AvgIpc) is 3.14. The third kappa shape index (κ3) is 3.19. The van der Waals surface area contributed by atoms with Gasteiger partial charge in [0.25, 0.3) is 0 Å². The van der Waals surface area contributed by atoms with Crippen molar-refractivity contribution in [2.45, 2.75) is 19.6 Å². The first-order chi connectivity index (χ1) is 13.1. The van der Waals surface area contributed by atoms with E-state index in [4.69, 9.17) is 4.74 Å². The highest BCUT2D eigenvalue weighted by Crippen LogP contribution is 2.36. The van der Waals surface area contributed by atoms with Crippen molar-refractivity contribution in [3.05, 3.63) is 89.1 Å². The molecule has 0 amide bonds. The van der Waals surface area contributed by atoms with Gasteiger partial charge in [0, 0.05) is 11.3 Å². The van der Waals surface area contributed by atoms with Crippen molar-refractivity contribution in [3.8, 4) is 0 Å². The molecule has 27 heavy (non-hydrogen) atoms. The second kappa shape index (κ2) is 7.03. The lowest BCUT2D eigenvalue weighted by atomic mass is 9.95. The number of hydrogen-bond acceptors (Lipinski definition) is 5. The van der Waals surface area contributed by atoms with Crippen LogP contribution >= 0.6 is 0 Å². The summed E-state index contributed by atoms with van der Waals surface area (Å²) in [6.45, 7) is 1.87. The fourth-order valence-electron chi connectivity index (χ4n) is 3.14. The quantitative estimate of drug-likeness (QED) is 0.718. The number of rotatable bonds is 4. The van der Waals surface area contributed by atoms with Gasteiger partial charge in [-0.3, -0.25) is 0 Å². The molecule has 2 aromatic carbocycles. The molecule has 1 N–H and O–H groups in total. The van der Waals surface area contributed by atoms with Crippen LogP contribution in [0.5, 0.6) is 0 Å². The summed E-state index contributed by atoms with van der Waals surface area (Å²) in [5, 5.41) is 7.21. The maximum absolute atomic E-state index is 14.5. The summed E-state index contributed by atoms with van der Waals surface area (Å²) < 4.78 is 21.5. The molecule has 0 radical (unpaired) electrons. The zero-order chi connectivity index (χ0) is 18.8. The van der Waals surface area contributed by atoms with Gasteiger partial charge in [-0.05, 0) is 18.6 Å². The van der Waals surface area contributed by atoms with Crippen molar-refractivity contribution in [3.63, 3.8) is 0 Å². The van der Waals surface area contributed by atoms with Gasteiger partial charge in [0.15, 0.2) is 0 Å². The van der Waals surface area contributed by atoms with E-state index in [2.05, 4.69) is 15.4 Å². The number of halogens is 1. The molecule has 136 valence electrons. The zero-order valence-corrected chi connectivity index (χ0v) is 14.6. The van der Waals surface area contributed by atoms with E-state index < -0.39 is 17.8 Å². The number of allylic oxidation sites excluding steroid dienone is 1. The Bertz CT molecular complexity index is 1010. The van der Waals surface area contributed by atoms with Crippen LogP contribution in [0.4, 0.5) is 10.3 Å². The van der Waals surface area contributed by atoms with Crippen molar-refractivity contribution < 1.29 is 13.9 Å². The highest BCUT2D eigenvalue weighted by atomic mass is 19.1. The minimum Gasteiger partial charge on any atom is -0.457 e. The van der Waals surface area contributed by atoms with Gasteiger partial charge in [-0.25, -0.2) is 13.9 Å². The largest absolute Gasteiger partial charge is 0.457 e. The van der Waals surface area contributed by atoms with Crippen molar-refractivity contribution in [2.75, 3.05) is 5.32 Å². The molecular weight excluding hydrogens is 347 g/mol. The fraction of sp³-hybridized carbons (Fsp3) is 0.150. The first kappa shape index (κ1) is 17.0. The van der Waals surface area contributed by atoms with Gasteiger partial charge in [-0.1, -0.05) is 48.5 Å². The van der Waals surface area contributed by atoms with Crippen molar-refractivity contribution in [1.29, 1.82) is 0 Å². The molecule has 0 saturated carbocycles. The van der Waals surface area contributed by atoms with Crippen LogP contribution in [0.25, 0.3) is 0 Å². The number of hydrogen-bond donors (Lipinski definition) is 1. The minimum atomic E-state index is -0.756. The zero-order valence-electron chi connectivity index (χ0n) is 14.6. The highest BCUT2D eigenvalue weighted by Gasteiger charge is 2.35. The average molecular weight is 364 g/mol. The van der Waals surface area contributed by atoms with Crippen LogP contribution in [0.3, 0.4) is 0 Å². The second-order valence-corrected chi connectivity index (χ2v) is 6.18. The summed E-state index contributed by atoms with van der Waals surface area (Å²) in [7, 11) is 0. The monoisotopic (exact) mass is 364 g/mol. The fourth-order valence-corrected chi connectivity index (χ4v) is 3.14. The molecule has 1 unspecified atom stereocenters. The maximum Gasteiger partial charge on any atom is 0.338 e. The summed E-state index contributed by atoms with van der Waals surface area (Å²) in [5.41, 5.74) is 2.06. The number of fused-ring (bicyclic) bond motifs is 1. The molecule has 4 rings (SSSR count). The van der Waals surface area contributed by atoms with Crippen LogP contribution in [0, 0.1) is 5.82 Å². The summed E-state index contributed by atoms with van der Waals surface area (Å²) in [5.74, 6) is -0.509. The van der Waals surface area contributed by atoms with Gasteiger partial charge < -0.3 is 10.1 Å². The van der Waals surface area contributed by atoms with Gasteiger partial charge >= 0.3 is 5.97 Å². The number of benzene rings is 2. The Kier molecular flexibility index (Phi) is 4.42. The first-order valence-electron chi connectivity index (χ1n) is 8.48. The maximum atomic E-state index is 14.5. The Morgan fingerprint density at radius 2 is 1.93 bits per heavy atom. The van der Waals surface area contributed by atoms with E-state index in [0.717, 1.165) is 5.56 Å². The predicted molar refractivity (Wildman–Crippen MR) is 97.1 cm³/mol. The van der Waals surface area contributed by atoms with E-state index in [-0.39, 0.29) is 6.61 Å². The van der Waals surface area contributed by atoms with Gasteiger partial charge in [0.2, 0.25) is 5.95 Å². The molecule has 2 heterocycles. The number of ether oxygens (including phenoxy) is 1. The molecule has 0 bridgehead atoms. The number of nitrogens with one attached hydrogen (secondary N) is 1. The summed E-state index contributed by atoms with van der Waals surface area (Å²) in [6.07, 6.45) is 1.36. The number of nitrogens with zero attached hydrogens (tertiary/aromatic N) is 3. The lowest BCUT2D eigenvalue weighted by molar-refractivity contribution is -0.140.